The molecule has 0 aromatic rings. The van der Waals surface area contributed by atoms with E-state index in [-0.39, 0.29) is 38.5 Å². The van der Waals surface area contributed by atoms with Gasteiger partial charge in [0.05, 0.1) is 0 Å². The van der Waals surface area contributed by atoms with Crippen LogP contribution in [0.2, 0.25) is 0 Å². The molecule has 230 valence electrons. The van der Waals surface area contributed by atoms with Crippen molar-refractivity contribution >= 4 is 0 Å². The maximum atomic E-state index is 13.3. The van der Waals surface area contributed by atoms with Crippen molar-refractivity contribution in [3.8, 4) is 0 Å². The van der Waals surface area contributed by atoms with Gasteiger partial charge in [0.15, 0.2) is 0 Å². The van der Waals surface area contributed by atoms with Crippen LogP contribution in [0.4, 0.5) is 79.0 Å². The first-order valence-electron chi connectivity index (χ1n) is 11.1. The van der Waals surface area contributed by atoms with Crippen molar-refractivity contribution in [2.45, 2.75) is 125 Å². The van der Waals surface area contributed by atoms with Gasteiger partial charge in [-0.3, -0.25) is 0 Å². The summed E-state index contributed by atoms with van der Waals surface area (Å²) in [7, 11) is 0. The molecule has 0 saturated heterocycles. The van der Waals surface area contributed by atoms with Crippen LogP contribution in [-0.2, 0) is 0 Å². The zero-order valence-corrected chi connectivity index (χ0v) is 19.3. The third-order valence-electron chi connectivity index (χ3n) is 5.65. The highest BCUT2D eigenvalue weighted by Gasteiger charge is 2.82. The van der Waals surface area contributed by atoms with Crippen LogP contribution in [0.5, 0.6) is 0 Å². The molecule has 0 atom stereocenters. The van der Waals surface area contributed by atoms with Crippen molar-refractivity contribution in [2.24, 2.45) is 0 Å². The van der Waals surface area contributed by atoms with E-state index in [0.717, 1.165) is 0 Å². The maximum Gasteiger partial charge on any atom is 0.460 e. The molecule has 0 heterocycles. The first-order valence-corrected chi connectivity index (χ1v) is 11.1. The lowest BCUT2D eigenvalue weighted by Gasteiger charge is -2.33. The van der Waals surface area contributed by atoms with E-state index in [1.165, 1.54) is 0 Å². The van der Waals surface area contributed by atoms with E-state index in [4.69, 9.17) is 0 Å². The Labute approximate surface area is 205 Å². The highest BCUT2D eigenvalue weighted by molar-refractivity contribution is 5.01. The molecule has 0 nitrogen and oxygen atoms in total. The van der Waals surface area contributed by atoms with Gasteiger partial charge in [0.1, 0.15) is 0 Å². The van der Waals surface area contributed by atoms with Gasteiger partial charge in [0.25, 0.3) is 0 Å². The van der Waals surface area contributed by atoms with Gasteiger partial charge in [-0.1, -0.05) is 51.4 Å². The lowest BCUT2D eigenvalue weighted by Crippen LogP contribution is -2.60. The minimum atomic E-state index is -6.95. The Hall–Kier alpha value is -1.26. The van der Waals surface area contributed by atoms with Gasteiger partial charge in [-0.25, -0.2) is 0 Å². The van der Waals surface area contributed by atoms with E-state index in [0.29, 0.717) is 12.8 Å². The van der Waals surface area contributed by atoms with E-state index >= 15 is 0 Å². The minimum absolute atomic E-state index is 0.0893. The highest BCUT2D eigenvalue weighted by atomic mass is 19.4. The van der Waals surface area contributed by atoms with E-state index in [9.17, 15) is 79.0 Å². The van der Waals surface area contributed by atoms with Crippen LogP contribution in [-0.4, -0.2) is 47.9 Å². The fourth-order valence-electron chi connectivity index (χ4n) is 3.24. The quantitative estimate of drug-likeness (QED) is 0.114. The summed E-state index contributed by atoms with van der Waals surface area (Å²) in [6.07, 6.45) is -18.4. The van der Waals surface area contributed by atoms with Gasteiger partial charge < -0.3 is 0 Å². The monoisotopic (exact) mass is 606 g/mol. The highest BCUT2D eigenvalue weighted by Crippen LogP contribution is 2.55. The average Bonchev–Trinajstić information content (AvgIpc) is 2.72. The van der Waals surface area contributed by atoms with Crippen LogP contribution in [0.3, 0.4) is 0 Å². The maximum absolute atomic E-state index is 13.3. The van der Waals surface area contributed by atoms with Crippen molar-refractivity contribution < 1.29 is 79.0 Å². The predicted molar refractivity (Wildman–Crippen MR) is 97.2 cm³/mol. The fraction of sp³-hybridized carbons (Fsp3) is 1.00. The molecule has 38 heavy (non-hydrogen) atoms. The van der Waals surface area contributed by atoms with Gasteiger partial charge in [0.2, 0.25) is 0 Å². The number of rotatable bonds is 17. The molecular formula is C20H24F18. The Morgan fingerprint density at radius 3 is 0.605 bits per heavy atom. The summed E-state index contributed by atoms with van der Waals surface area (Å²) in [6, 6.07) is 0. The molecule has 0 radical (unpaired) electrons. The van der Waals surface area contributed by atoms with Gasteiger partial charge in [-0.15, -0.1) is 0 Å². The van der Waals surface area contributed by atoms with Crippen LogP contribution < -0.4 is 0 Å². The third-order valence-corrected chi connectivity index (χ3v) is 5.65. The molecular weight excluding hydrogens is 582 g/mol. The van der Waals surface area contributed by atoms with Gasteiger partial charge in [0, 0.05) is 12.8 Å². The largest absolute Gasteiger partial charge is 0.460 e. The number of halogens is 18. The van der Waals surface area contributed by atoms with E-state index < -0.39 is 73.6 Å². The molecule has 0 amide bonds. The second-order valence-electron chi connectivity index (χ2n) is 8.74. The molecule has 0 bridgehead atoms. The molecule has 18 heteroatoms. The molecule has 0 aliphatic heterocycles. The number of unbranched alkanes of at least 4 members (excludes halogenated alkanes) is 9. The summed E-state index contributed by atoms with van der Waals surface area (Å²) in [6.45, 7) is 0. The van der Waals surface area contributed by atoms with Crippen molar-refractivity contribution in [3.63, 3.8) is 0 Å². The molecule has 0 spiro atoms. The SMILES string of the molecule is FC(F)(F)C(F)(F)C(F)(F)C(F)(F)CCCCCCCCCCCCC(F)(F)C(F)(F)C(F)(F)C(F)(F)F. The molecule has 0 aliphatic rings. The molecule has 0 aromatic carbocycles. The number of alkyl halides is 18. The van der Waals surface area contributed by atoms with Crippen molar-refractivity contribution in [2.75, 3.05) is 0 Å². The van der Waals surface area contributed by atoms with E-state index in [1.807, 2.05) is 0 Å². The lowest BCUT2D eigenvalue weighted by molar-refractivity contribution is -0.396. The molecule has 0 aliphatic carbocycles. The standard InChI is InChI=1S/C20H24F18/c21-13(22,15(25,26)17(29,30)19(33,34)35)11-9-7-5-3-1-2-4-6-8-10-12-14(23,24)16(27,28)18(31,32)20(36,37)38/h1-12H2. The minimum Gasteiger partial charge on any atom is -0.200 e. The third kappa shape index (κ3) is 8.13. The van der Waals surface area contributed by atoms with Crippen molar-refractivity contribution in [1.29, 1.82) is 0 Å². The van der Waals surface area contributed by atoms with Crippen LogP contribution in [0.25, 0.3) is 0 Å². The number of hydrogen-bond acceptors (Lipinski definition) is 0. The Balaban J connectivity index is 4.24. The lowest BCUT2D eigenvalue weighted by atomic mass is 9.97. The van der Waals surface area contributed by atoms with E-state index in [2.05, 4.69) is 0 Å². The molecule has 0 rings (SSSR count). The fourth-order valence-corrected chi connectivity index (χ4v) is 3.24. The second kappa shape index (κ2) is 12.5. The summed E-state index contributed by atoms with van der Waals surface area (Å²) >= 11 is 0. The van der Waals surface area contributed by atoms with Crippen LogP contribution in [0, 0.1) is 0 Å². The first kappa shape index (κ1) is 36.7. The van der Waals surface area contributed by atoms with Crippen molar-refractivity contribution in [3.05, 3.63) is 0 Å². The van der Waals surface area contributed by atoms with Crippen LogP contribution in [0.1, 0.15) is 77.0 Å². The van der Waals surface area contributed by atoms with Gasteiger partial charge >= 0.3 is 47.9 Å². The molecule has 0 fully saturated rings. The van der Waals surface area contributed by atoms with Crippen LogP contribution >= 0.6 is 0 Å². The Morgan fingerprint density at radius 2 is 0.421 bits per heavy atom. The topological polar surface area (TPSA) is 0 Å². The summed E-state index contributed by atoms with van der Waals surface area (Å²) in [4.78, 5) is 0. The van der Waals surface area contributed by atoms with Gasteiger partial charge in [-0.05, 0) is 12.8 Å². The Kier molecular flexibility index (Phi) is 12.1. The summed E-state index contributed by atoms with van der Waals surface area (Å²) < 4.78 is 229. The summed E-state index contributed by atoms with van der Waals surface area (Å²) in [5.74, 6) is -38.5. The second-order valence-corrected chi connectivity index (χ2v) is 8.74. The van der Waals surface area contributed by atoms with Crippen molar-refractivity contribution in [1.82, 2.24) is 0 Å². The molecule has 0 aromatic heterocycles. The molecule has 0 saturated carbocycles. The Morgan fingerprint density at radius 1 is 0.237 bits per heavy atom. The smallest absolute Gasteiger partial charge is 0.200 e. The van der Waals surface area contributed by atoms with Gasteiger partial charge in [-0.2, -0.15) is 79.0 Å². The number of hydrogen-bond donors (Lipinski definition) is 0. The Bertz CT molecular complexity index is 644. The average molecular weight is 606 g/mol. The predicted octanol–water partition coefficient (Wildman–Crippen LogP) is 10.6. The zero-order valence-electron chi connectivity index (χ0n) is 19.3. The molecule has 0 unspecified atom stereocenters. The van der Waals surface area contributed by atoms with Crippen LogP contribution in [0.15, 0.2) is 0 Å². The van der Waals surface area contributed by atoms with E-state index in [1.54, 1.807) is 0 Å². The zero-order chi connectivity index (χ0) is 30.5. The summed E-state index contributed by atoms with van der Waals surface area (Å²) in [5.41, 5.74) is 0. The molecule has 0 N–H and O–H groups in total. The normalized spacial score (nSPS) is 15.3. The summed E-state index contributed by atoms with van der Waals surface area (Å²) in [5, 5.41) is 0. The first-order chi connectivity index (χ1) is 16.7.